The van der Waals surface area contributed by atoms with E-state index in [0.29, 0.717) is 5.06 Å². The molecule has 2 amide bonds. The van der Waals surface area contributed by atoms with Crippen LogP contribution >= 0.6 is 15.9 Å². The van der Waals surface area contributed by atoms with Gasteiger partial charge in [-0.05, 0) is 39.3 Å². The van der Waals surface area contributed by atoms with Crippen LogP contribution in [-0.4, -0.2) is 53.5 Å². The molecular weight excluding hydrogens is 434 g/mol. The minimum absolute atomic E-state index is 0.00776. The van der Waals surface area contributed by atoms with Gasteiger partial charge in [-0.1, -0.05) is 33.1 Å². The van der Waals surface area contributed by atoms with Gasteiger partial charge >= 0.3 is 11.9 Å². The van der Waals surface area contributed by atoms with Crippen LogP contribution in [-0.2, 0) is 23.9 Å². The highest BCUT2D eigenvalue weighted by atomic mass is 79.9. The van der Waals surface area contributed by atoms with Crippen LogP contribution in [0.25, 0.3) is 0 Å². The number of esters is 1. The number of carbonyl (C=O) groups excluding carboxylic acids is 4. The molecule has 1 unspecified atom stereocenters. The number of hydroxylamine groups is 2. The average molecular weight is 456 g/mol. The molecular formula is C19H22BrNO7. The molecule has 0 spiro atoms. The second-order valence-corrected chi connectivity index (χ2v) is 8.97. The summed E-state index contributed by atoms with van der Waals surface area (Å²) in [6.45, 7) is 5.00. The van der Waals surface area contributed by atoms with Gasteiger partial charge in [0.25, 0.3) is 11.8 Å². The minimum atomic E-state index is -1.20. The monoisotopic (exact) mass is 455 g/mol. The number of rotatable bonds is 8. The van der Waals surface area contributed by atoms with E-state index in [-0.39, 0.29) is 30.8 Å². The third kappa shape index (κ3) is 4.59. The second-order valence-electron chi connectivity index (χ2n) is 7.22. The summed E-state index contributed by atoms with van der Waals surface area (Å²) in [6, 6.07) is 6.20. The molecule has 1 aromatic carbocycles. The topological polar surface area (TPSA) is 99.2 Å². The number of benzene rings is 1. The van der Waals surface area contributed by atoms with Crippen molar-refractivity contribution < 1.29 is 33.5 Å². The van der Waals surface area contributed by atoms with Crippen LogP contribution in [0.2, 0.25) is 0 Å². The van der Waals surface area contributed by atoms with Gasteiger partial charge in [-0.25, -0.2) is 4.79 Å². The first-order valence-corrected chi connectivity index (χ1v) is 9.36. The van der Waals surface area contributed by atoms with Crippen LogP contribution in [0, 0.1) is 5.41 Å². The number of carbonyl (C=O) groups is 4. The summed E-state index contributed by atoms with van der Waals surface area (Å²) in [5.41, 5.74) is -0.858. The zero-order valence-corrected chi connectivity index (χ0v) is 17.7. The Morgan fingerprint density at radius 3 is 2.04 bits per heavy atom. The number of amides is 2. The smallest absolute Gasteiger partial charge is 0.338 e. The highest BCUT2D eigenvalue weighted by Crippen LogP contribution is 2.36. The Balaban J connectivity index is 2.06. The first-order chi connectivity index (χ1) is 13.0. The Bertz CT molecular complexity index is 768. The number of hydrogen-bond donors (Lipinski definition) is 0. The van der Waals surface area contributed by atoms with E-state index in [1.807, 2.05) is 0 Å². The fraction of sp³-hybridized carbons (Fsp3) is 0.474. The molecule has 0 bridgehead atoms. The van der Waals surface area contributed by atoms with Crippen molar-refractivity contribution in [1.82, 2.24) is 5.06 Å². The lowest BCUT2D eigenvalue weighted by molar-refractivity contribution is -0.180. The lowest BCUT2D eigenvalue weighted by Crippen LogP contribution is -2.43. The number of nitrogens with zero attached hydrogens (tertiary/aromatic N) is 1. The molecule has 0 saturated heterocycles. The molecule has 0 fully saturated rings. The average Bonchev–Trinajstić information content (AvgIpc) is 2.86. The molecule has 1 aliphatic rings. The summed E-state index contributed by atoms with van der Waals surface area (Å²) >= 11 is 3.29. The summed E-state index contributed by atoms with van der Waals surface area (Å²) in [4.78, 5) is 54.7. The van der Waals surface area contributed by atoms with Crippen molar-refractivity contribution in [3.63, 3.8) is 0 Å². The summed E-state index contributed by atoms with van der Waals surface area (Å²) in [6.07, 6.45) is 0.00776. The maximum atomic E-state index is 12.7. The van der Waals surface area contributed by atoms with Crippen LogP contribution in [0.5, 0.6) is 0 Å². The number of methoxy groups -OCH3 is 1. The molecule has 2 rings (SSSR count). The molecule has 0 N–H and O–H groups in total. The summed E-state index contributed by atoms with van der Waals surface area (Å²) in [7, 11) is 1.49. The molecule has 1 heterocycles. The highest BCUT2D eigenvalue weighted by Gasteiger charge is 2.46. The van der Waals surface area contributed by atoms with Crippen molar-refractivity contribution in [2.75, 3.05) is 20.3 Å². The SMILES string of the molecule is COCCOC(=O)C(C)(Br)CC(C)(C)C(=O)ON1C(=O)c2ccccc2C1=O. The quantitative estimate of drug-likeness (QED) is 0.257. The molecule has 28 heavy (non-hydrogen) atoms. The Morgan fingerprint density at radius 1 is 1.00 bits per heavy atom. The van der Waals surface area contributed by atoms with Gasteiger partial charge in [-0.2, -0.15) is 0 Å². The van der Waals surface area contributed by atoms with Gasteiger partial charge < -0.3 is 14.3 Å². The largest absolute Gasteiger partial charge is 0.462 e. The zero-order valence-electron chi connectivity index (χ0n) is 16.1. The molecule has 0 aliphatic carbocycles. The van der Waals surface area contributed by atoms with E-state index < -0.39 is 33.5 Å². The van der Waals surface area contributed by atoms with Crippen LogP contribution in [0.3, 0.4) is 0 Å². The Hall–Kier alpha value is -2.26. The standard InChI is InChI=1S/C19H22BrNO7/c1-18(2,11-19(3,20)17(25)27-10-9-26-4)16(24)28-21-14(22)12-7-5-6-8-13(12)15(21)23/h5-8H,9-11H2,1-4H3. The minimum Gasteiger partial charge on any atom is -0.462 e. The normalized spacial score (nSPS) is 15.8. The maximum Gasteiger partial charge on any atom is 0.338 e. The van der Waals surface area contributed by atoms with Gasteiger partial charge in [0.05, 0.1) is 23.1 Å². The first kappa shape index (κ1) is 22.0. The highest BCUT2D eigenvalue weighted by molar-refractivity contribution is 9.10. The van der Waals surface area contributed by atoms with E-state index in [4.69, 9.17) is 14.3 Å². The molecule has 1 aromatic rings. The summed E-state index contributed by atoms with van der Waals surface area (Å²) in [5.74, 6) is -2.79. The molecule has 0 radical (unpaired) electrons. The van der Waals surface area contributed by atoms with Gasteiger partial charge in [-0.3, -0.25) is 14.4 Å². The van der Waals surface area contributed by atoms with Gasteiger partial charge in [0, 0.05) is 7.11 Å². The number of imide groups is 1. The molecule has 9 heteroatoms. The van der Waals surface area contributed by atoms with E-state index in [9.17, 15) is 19.2 Å². The third-order valence-electron chi connectivity index (χ3n) is 4.20. The van der Waals surface area contributed by atoms with Crippen molar-refractivity contribution in [1.29, 1.82) is 0 Å². The molecule has 1 atom stereocenters. The Morgan fingerprint density at radius 2 is 1.54 bits per heavy atom. The third-order valence-corrected chi connectivity index (χ3v) is 4.81. The van der Waals surface area contributed by atoms with Gasteiger partial charge in [-0.15, -0.1) is 0 Å². The fourth-order valence-corrected chi connectivity index (χ4v) is 3.61. The van der Waals surface area contributed by atoms with Crippen LogP contribution in [0.1, 0.15) is 47.9 Å². The number of hydrogen-bond acceptors (Lipinski definition) is 7. The maximum absolute atomic E-state index is 12.7. The van der Waals surface area contributed by atoms with Crippen molar-refractivity contribution in [2.24, 2.45) is 5.41 Å². The molecule has 0 aromatic heterocycles. The van der Waals surface area contributed by atoms with Crippen LogP contribution in [0.4, 0.5) is 0 Å². The van der Waals surface area contributed by atoms with Crippen LogP contribution < -0.4 is 0 Å². The molecule has 152 valence electrons. The van der Waals surface area contributed by atoms with E-state index in [2.05, 4.69) is 15.9 Å². The Labute approximate surface area is 171 Å². The van der Waals surface area contributed by atoms with Gasteiger partial charge in [0.2, 0.25) is 0 Å². The van der Waals surface area contributed by atoms with E-state index in [0.717, 1.165) is 0 Å². The zero-order chi connectivity index (χ0) is 21.1. The predicted molar refractivity (Wildman–Crippen MR) is 102 cm³/mol. The Kier molecular flexibility index (Phi) is 6.61. The van der Waals surface area contributed by atoms with Gasteiger partial charge in [0.1, 0.15) is 10.9 Å². The van der Waals surface area contributed by atoms with Crippen molar-refractivity contribution in [3.8, 4) is 0 Å². The lowest BCUT2D eigenvalue weighted by atomic mass is 9.83. The first-order valence-electron chi connectivity index (χ1n) is 8.56. The lowest BCUT2D eigenvalue weighted by Gasteiger charge is -2.30. The van der Waals surface area contributed by atoms with E-state index in [1.54, 1.807) is 32.9 Å². The number of fused-ring (bicyclic) bond motifs is 1. The summed E-state index contributed by atoms with van der Waals surface area (Å²) in [5, 5.41) is 0.456. The number of halogens is 1. The van der Waals surface area contributed by atoms with Crippen molar-refractivity contribution >= 4 is 39.7 Å². The van der Waals surface area contributed by atoms with Crippen molar-refractivity contribution in [2.45, 2.75) is 31.5 Å². The molecule has 8 nitrogen and oxygen atoms in total. The molecule has 1 aliphatic heterocycles. The van der Waals surface area contributed by atoms with E-state index in [1.165, 1.54) is 19.2 Å². The fourth-order valence-electron chi connectivity index (χ4n) is 2.80. The van der Waals surface area contributed by atoms with Gasteiger partial charge in [0.15, 0.2) is 0 Å². The second kappa shape index (κ2) is 8.40. The summed E-state index contributed by atoms with van der Waals surface area (Å²) < 4.78 is 8.75. The van der Waals surface area contributed by atoms with Crippen molar-refractivity contribution in [3.05, 3.63) is 35.4 Å². The number of alkyl halides is 1. The number of ether oxygens (including phenoxy) is 2. The molecule has 0 saturated carbocycles. The van der Waals surface area contributed by atoms with Crippen LogP contribution in [0.15, 0.2) is 24.3 Å². The van der Waals surface area contributed by atoms with E-state index >= 15 is 0 Å². The predicted octanol–water partition coefficient (Wildman–Crippen LogP) is 2.50.